The van der Waals surface area contributed by atoms with Gasteiger partial charge in [-0.1, -0.05) is 23.2 Å². The maximum atomic E-state index is 12.9. The van der Waals surface area contributed by atoms with Crippen LogP contribution in [-0.2, 0) is 0 Å². The number of amides is 2. The van der Waals surface area contributed by atoms with E-state index in [1.54, 1.807) is 25.1 Å². The lowest BCUT2D eigenvalue weighted by atomic mass is 10.1. The molecule has 2 heterocycles. The van der Waals surface area contributed by atoms with E-state index in [1.165, 1.54) is 23.0 Å². The number of benzene rings is 1. The predicted molar refractivity (Wildman–Crippen MR) is 110 cm³/mol. The normalized spacial score (nSPS) is 10.6. The van der Waals surface area contributed by atoms with Crippen LogP contribution in [0.3, 0.4) is 0 Å². The quantitative estimate of drug-likeness (QED) is 0.483. The Bertz CT molecular complexity index is 1090. The van der Waals surface area contributed by atoms with Crippen LogP contribution in [0, 0.1) is 6.92 Å². The zero-order valence-corrected chi connectivity index (χ0v) is 17.3. The second-order valence-electron chi connectivity index (χ2n) is 5.60. The van der Waals surface area contributed by atoms with Gasteiger partial charge in [0, 0.05) is 17.3 Å². The molecule has 11 heteroatoms. The molecule has 3 N–H and O–H groups in total. The van der Waals surface area contributed by atoms with E-state index in [4.69, 9.17) is 28.3 Å². The summed E-state index contributed by atoms with van der Waals surface area (Å²) in [5, 5.41) is 18.8. The molecule has 2 amide bonds. The van der Waals surface area contributed by atoms with Gasteiger partial charge in [0.2, 0.25) is 0 Å². The summed E-state index contributed by atoms with van der Waals surface area (Å²) in [6.07, 6.45) is 0.238. The fraction of sp³-hybridized carbons (Fsp3) is 0.0588. The average molecular weight is 485 g/mol. The fourth-order valence-electron chi connectivity index (χ4n) is 2.51. The summed E-state index contributed by atoms with van der Waals surface area (Å²) in [5.41, 5.74) is 1.13. The zero-order valence-electron chi connectivity index (χ0n) is 14.2. The van der Waals surface area contributed by atoms with Crippen LogP contribution in [0.1, 0.15) is 16.1 Å². The highest BCUT2D eigenvalue weighted by Gasteiger charge is 2.21. The summed E-state index contributed by atoms with van der Waals surface area (Å²) in [5.74, 6) is -0.268. The third kappa shape index (κ3) is 4.27. The van der Waals surface area contributed by atoms with Crippen molar-refractivity contribution in [3.63, 3.8) is 0 Å². The van der Waals surface area contributed by atoms with Gasteiger partial charge in [-0.15, -0.1) is 0 Å². The van der Waals surface area contributed by atoms with Gasteiger partial charge in [-0.25, -0.2) is 14.5 Å². The molecule has 0 unspecified atom stereocenters. The Morgan fingerprint density at radius 2 is 1.96 bits per heavy atom. The molecule has 0 saturated carbocycles. The van der Waals surface area contributed by atoms with E-state index in [2.05, 4.69) is 36.6 Å². The minimum Gasteiger partial charge on any atom is -0.465 e. The molecule has 8 nitrogen and oxygen atoms in total. The molecule has 0 bridgehead atoms. The summed E-state index contributed by atoms with van der Waals surface area (Å²) in [7, 11) is 0. The van der Waals surface area contributed by atoms with Crippen LogP contribution >= 0.6 is 39.1 Å². The first kappa shape index (κ1) is 20.1. The Balaban J connectivity index is 2.02. The number of hydrogen-bond acceptors (Lipinski definition) is 4. The van der Waals surface area contributed by atoms with Crippen LogP contribution in [0.2, 0.25) is 10.0 Å². The van der Waals surface area contributed by atoms with E-state index >= 15 is 0 Å². The molecule has 3 aromatic rings. The van der Waals surface area contributed by atoms with Crippen LogP contribution in [0.25, 0.3) is 5.82 Å². The van der Waals surface area contributed by atoms with Crippen LogP contribution in [0.4, 0.5) is 16.2 Å². The maximum absolute atomic E-state index is 12.9. The highest BCUT2D eigenvalue weighted by atomic mass is 79.9. The monoisotopic (exact) mass is 483 g/mol. The molecule has 0 spiro atoms. The number of carbonyl (C=O) groups is 2. The molecule has 0 atom stereocenters. The van der Waals surface area contributed by atoms with Gasteiger partial charge in [-0.2, -0.15) is 5.10 Å². The largest absolute Gasteiger partial charge is 0.465 e. The lowest BCUT2D eigenvalue weighted by Gasteiger charge is -2.15. The van der Waals surface area contributed by atoms with E-state index in [0.717, 1.165) is 0 Å². The first-order valence-electron chi connectivity index (χ1n) is 7.74. The molecule has 0 aliphatic carbocycles. The van der Waals surface area contributed by atoms with E-state index in [1.807, 2.05) is 0 Å². The topological polar surface area (TPSA) is 109 Å². The number of rotatable bonds is 4. The molecule has 2 aromatic heterocycles. The molecule has 0 saturated heterocycles. The second kappa shape index (κ2) is 8.17. The number of aromatic nitrogens is 3. The Labute approximate surface area is 177 Å². The highest BCUT2D eigenvalue weighted by Crippen LogP contribution is 2.31. The number of carbonyl (C=O) groups excluding carboxylic acids is 1. The van der Waals surface area contributed by atoms with Crippen molar-refractivity contribution in [2.24, 2.45) is 0 Å². The first-order valence-corrected chi connectivity index (χ1v) is 9.29. The Morgan fingerprint density at radius 1 is 1.21 bits per heavy atom. The molecule has 144 valence electrons. The molecule has 0 aliphatic heterocycles. The molecule has 0 radical (unpaired) electrons. The van der Waals surface area contributed by atoms with Crippen LogP contribution in [-0.4, -0.2) is 31.9 Å². The van der Waals surface area contributed by atoms with E-state index in [-0.39, 0.29) is 22.9 Å². The van der Waals surface area contributed by atoms with Gasteiger partial charge in [-0.3, -0.25) is 10.1 Å². The summed E-state index contributed by atoms with van der Waals surface area (Å²) in [6, 6.07) is 7.79. The second-order valence-corrected chi connectivity index (χ2v) is 7.26. The van der Waals surface area contributed by atoms with Gasteiger partial charge in [-0.05, 0) is 52.7 Å². The molecule has 28 heavy (non-hydrogen) atoms. The van der Waals surface area contributed by atoms with Crippen molar-refractivity contribution in [2.75, 3.05) is 10.6 Å². The van der Waals surface area contributed by atoms with Gasteiger partial charge >= 0.3 is 6.09 Å². The third-order valence-electron chi connectivity index (χ3n) is 3.63. The lowest BCUT2D eigenvalue weighted by Crippen LogP contribution is -2.20. The summed E-state index contributed by atoms with van der Waals surface area (Å²) in [6.45, 7) is 1.69. The number of carboxylic acid groups (broad SMARTS) is 1. The van der Waals surface area contributed by atoms with Crippen LogP contribution < -0.4 is 10.6 Å². The van der Waals surface area contributed by atoms with Crippen LogP contribution in [0.15, 0.2) is 41.1 Å². The van der Waals surface area contributed by atoms with Crippen molar-refractivity contribution < 1.29 is 14.7 Å². The molecule has 0 aliphatic rings. The number of anilines is 2. The number of pyridine rings is 1. The van der Waals surface area contributed by atoms with Gasteiger partial charge in [0.1, 0.15) is 10.3 Å². The Kier molecular flexibility index (Phi) is 5.87. The first-order chi connectivity index (χ1) is 13.3. The van der Waals surface area contributed by atoms with Crippen molar-refractivity contribution in [3.8, 4) is 5.82 Å². The molecule has 1 aromatic carbocycles. The van der Waals surface area contributed by atoms with Gasteiger partial charge in [0.25, 0.3) is 5.91 Å². The Morgan fingerprint density at radius 3 is 2.64 bits per heavy atom. The SMILES string of the molecule is Cc1cc(Cl)cc(NC(=O)O)c1NC(=O)c1cc(Br)nn1-c1ncccc1Cl. The van der Waals surface area contributed by atoms with E-state index in [0.29, 0.717) is 20.2 Å². The highest BCUT2D eigenvalue weighted by molar-refractivity contribution is 9.10. The van der Waals surface area contributed by atoms with Crippen LogP contribution in [0.5, 0.6) is 0 Å². The number of halogens is 3. The van der Waals surface area contributed by atoms with E-state index in [9.17, 15) is 9.59 Å². The molecule has 0 fully saturated rings. The predicted octanol–water partition coefficient (Wildman–Crippen LogP) is 4.99. The standard InChI is InChI=1S/C17H12BrCl2N5O3/c1-8-5-9(19)6-11(22-17(27)28)14(8)23-16(26)12-7-13(18)24-25(12)15-10(20)3-2-4-21-15/h2-7,22H,1H3,(H,23,26)(H,27,28). The average Bonchev–Trinajstić information content (AvgIpc) is 2.99. The van der Waals surface area contributed by atoms with Crippen molar-refractivity contribution >= 4 is 62.5 Å². The zero-order chi connectivity index (χ0) is 20.4. The summed E-state index contributed by atoms with van der Waals surface area (Å²) < 4.78 is 1.69. The van der Waals surface area contributed by atoms with E-state index < -0.39 is 12.0 Å². The summed E-state index contributed by atoms with van der Waals surface area (Å²) >= 11 is 15.4. The third-order valence-corrected chi connectivity index (χ3v) is 4.53. The molecular formula is C17H12BrCl2N5O3. The summed E-state index contributed by atoms with van der Waals surface area (Å²) in [4.78, 5) is 28.2. The van der Waals surface area contributed by atoms with Gasteiger partial charge in [0.05, 0.1) is 16.4 Å². The van der Waals surface area contributed by atoms with Gasteiger partial charge in [0.15, 0.2) is 5.82 Å². The van der Waals surface area contributed by atoms with Crippen molar-refractivity contribution in [2.45, 2.75) is 6.92 Å². The molecular weight excluding hydrogens is 473 g/mol. The number of nitrogens with zero attached hydrogens (tertiary/aromatic N) is 3. The van der Waals surface area contributed by atoms with Crippen molar-refractivity contribution in [1.29, 1.82) is 0 Å². The number of aryl methyl sites for hydroxylation is 1. The fourth-order valence-corrected chi connectivity index (χ4v) is 3.36. The van der Waals surface area contributed by atoms with Gasteiger partial charge < -0.3 is 10.4 Å². The number of nitrogens with one attached hydrogen (secondary N) is 2. The molecule has 3 rings (SSSR count). The maximum Gasteiger partial charge on any atom is 0.409 e. The van der Waals surface area contributed by atoms with Crippen molar-refractivity contribution in [3.05, 3.63) is 62.4 Å². The Hall–Kier alpha value is -2.62. The number of hydrogen-bond donors (Lipinski definition) is 3. The lowest BCUT2D eigenvalue weighted by molar-refractivity contribution is 0.101. The van der Waals surface area contributed by atoms with Crippen molar-refractivity contribution in [1.82, 2.24) is 14.8 Å². The minimum absolute atomic E-state index is 0.142. The smallest absolute Gasteiger partial charge is 0.409 e. The minimum atomic E-state index is -1.29.